The average molecular weight is 307 g/mol. The summed E-state index contributed by atoms with van der Waals surface area (Å²) >= 11 is 0. The predicted octanol–water partition coefficient (Wildman–Crippen LogP) is 3.93. The summed E-state index contributed by atoms with van der Waals surface area (Å²) in [7, 11) is 1.38. The summed E-state index contributed by atoms with van der Waals surface area (Å²) in [6.07, 6.45) is 9.89. The molecule has 4 heteroatoms. The van der Waals surface area contributed by atoms with Crippen LogP contribution in [0.5, 0.6) is 5.75 Å². The van der Waals surface area contributed by atoms with Gasteiger partial charge in [-0.05, 0) is 43.7 Å². The fraction of sp³-hybridized carbons (Fsp3) is 0.611. The third-order valence-electron chi connectivity index (χ3n) is 3.64. The van der Waals surface area contributed by atoms with Crippen LogP contribution in [0.4, 0.5) is 0 Å². The fourth-order valence-corrected chi connectivity index (χ4v) is 2.30. The summed E-state index contributed by atoms with van der Waals surface area (Å²) in [6, 6.07) is 7.07. The zero-order chi connectivity index (χ0) is 16.0. The highest BCUT2D eigenvalue weighted by Gasteiger charge is 2.04. The van der Waals surface area contributed by atoms with E-state index in [0.29, 0.717) is 5.56 Å². The van der Waals surface area contributed by atoms with Crippen LogP contribution in [0.3, 0.4) is 0 Å². The molecule has 0 unspecified atom stereocenters. The van der Waals surface area contributed by atoms with Crippen molar-refractivity contribution in [2.24, 2.45) is 5.73 Å². The zero-order valence-electron chi connectivity index (χ0n) is 13.7. The van der Waals surface area contributed by atoms with Crippen LogP contribution in [0, 0.1) is 0 Å². The summed E-state index contributed by atoms with van der Waals surface area (Å²) in [5.74, 6) is 0.479. The molecule has 22 heavy (non-hydrogen) atoms. The Bertz CT molecular complexity index is 403. The van der Waals surface area contributed by atoms with Crippen molar-refractivity contribution in [3.8, 4) is 5.75 Å². The van der Waals surface area contributed by atoms with E-state index >= 15 is 0 Å². The second kappa shape index (κ2) is 12.0. The number of benzene rings is 1. The van der Waals surface area contributed by atoms with Gasteiger partial charge in [0, 0.05) is 0 Å². The normalized spacial score (nSPS) is 10.5. The molecule has 1 aromatic rings. The highest BCUT2D eigenvalue weighted by atomic mass is 16.5. The number of methoxy groups -OCH3 is 1. The zero-order valence-corrected chi connectivity index (χ0v) is 13.7. The number of hydrogen-bond donors (Lipinski definition) is 1. The first kappa shape index (κ1) is 18.5. The largest absolute Gasteiger partial charge is 0.494 e. The van der Waals surface area contributed by atoms with Gasteiger partial charge < -0.3 is 15.2 Å². The monoisotopic (exact) mass is 307 g/mol. The van der Waals surface area contributed by atoms with E-state index in [1.54, 1.807) is 12.1 Å². The standard InChI is InChI=1S/C18H29NO3/c1-21-18(20)16-10-12-17(13-11-16)22-15-9-7-5-3-2-4-6-8-14-19/h10-13H,2-9,14-15,19H2,1H3. The first-order valence-electron chi connectivity index (χ1n) is 8.29. The fourth-order valence-electron chi connectivity index (χ4n) is 2.30. The molecule has 0 aliphatic heterocycles. The van der Waals surface area contributed by atoms with Crippen molar-refractivity contribution in [3.05, 3.63) is 29.8 Å². The topological polar surface area (TPSA) is 61.5 Å². The smallest absolute Gasteiger partial charge is 0.337 e. The minimum Gasteiger partial charge on any atom is -0.494 e. The molecule has 0 aromatic heterocycles. The van der Waals surface area contributed by atoms with Crippen molar-refractivity contribution in [1.29, 1.82) is 0 Å². The number of carbonyl (C=O) groups excluding carboxylic acids is 1. The van der Waals surface area contributed by atoms with Crippen molar-refractivity contribution >= 4 is 5.97 Å². The molecule has 0 fully saturated rings. The van der Waals surface area contributed by atoms with E-state index in [2.05, 4.69) is 4.74 Å². The van der Waals surface area contributed by atoms with Gasteiger partial charge in [-0.25, -0.2) is 4.79 Å². The molecule has 0 radical (unpaired) electrons. The minimum atomic E-state index is -0.321. The van der Waals surface area contributed by atoms with E-state index in [1.807, 2.05) is 12.1 Å². The van der Waals surface area contributed by atoms with Crippen LogP contribution in [0.1, 0.15) is 61.7 Å². The molecular weight excluding hydrogens is 278 g/mol. The van der Waals surface area contributed by atoms with E-state index in [1.165, 1.54) is 45.6 Å². The highest BCUT2D eigenvalue weighted by Crippen LogP contribution is 2.14. The SMILES string of the molecule is COC(=O)c1ccc(OCCCCCCCCCCN)cc1. The lowest BCUT2D eigenvalue weighted by atomic mass is 10.1. The van der Waals surface area contributed by atoms with Crippen LogP contribution in [0.25, 0.3) is 0 Å². The quantitative estimate of drug-likeness (QED) is 0.469. The van der Waals surface area contributed by atoms with Crippen LogP contribution in [-0.4, -0.2) is 26.2 Å². The Morgan fingerprint density at radius 2 is 1.45 bits per heavy atom. The van der Waals surface area contributed by atoms with Crippen LogP contribution >= 0.6 is 0 Å². The van der Waals surface area contributed by atoms with Gasteiger partial charge in [-0.1, -0.05) is 38.5 Å². The Morgan fingerprint density at radius 3 is 2.00 bits per heavy atom. The molecule has 0 bridgehead atoms. The van der Waals surface area contributed by atoms with E-state index in [0.717, 1.165) is 31.7 Å². The van der Waals surface area contributed by atoms with Gasteiger partial charge in [0.05, 0.1) is 19.3 Å². The molecule has 0 aliphatic rings. The molecule has 0 amide bonds. The number of hydrogen-bond acceptors (Lipinski definition) is 4. The first-order valence-corrected chi connectivity index (χ1v) is 8.29. The molecule has 4 nitrogen and oxygen atoms in total. The van der Waals surface area contributed by atoms with Crippen molar-refractivity contribution in [2.45, 2.75) is 51.4 Å². The van der Waals surface area contributed by atoms with E-state index in [4.69, 9.17) is 10.5 Å². The number of carbonyl (C=O) groups is 1. The molecule has 0 spiro atoms. The van der Waals surface area contributed by atoms with Gasteiger partial charge in [0.2, 0.25) is 0 Å². The summed E-state index contributed by atoms with van der Waals surface area (Å²) in [6.45, 7) is 1.54. The average Bonchev–Trinajstić information content (AvgIpc) is 2.56. The predicted molar refractivity (Wildman–Crippen MR) is 89.3 cm³/mol. The van der Waals surface area contributed by atoms with Gasteiger partial charge >= 0.3 is 5.97 Å². The lowest BCUT2D eigenvalue weighted by Crippen LogP contribution is -2.01. The lowest BCUT2D eigenvalue weighted by Gasteiger charge is -2.07. The molecule has 0 saturated heterocycles. The highest BCUT2D eigenvalue weighted by molar-refractivity contribution is 5.89. The maximum Gasteiger partial charge on any atom is 0.337 e. The number of unbranched alkanes of at least 4 members (excludes halogenated alkanes) is 7. The Hall–Kier alpha value is -1.55. The Morgan fingerprint density at radius 1 is 0.909 bits per heavy atom. The van der Waals surface area contributed by atoms with E-state index < -0.39 is 0 Å². The lowest BCUT2D eigenvalue weighted by molar-refractivity contribution is 0.0600. The van der Waals surface area contributed by atoms with Crippen molar-refractivity contribution in [3.63, 3.8) is 0 Å². The second-order valence-corrected chi connectivity index (χ2v) is 5.48. The van der Waals surface area contributed by atoms with Crippen LogP contribution < -0.4 is 10.5 Å². The second-order valence-electron chi connectivity index (χ2n) is 5.48. The molecule has 1 rings (SSSR count). The van der Waals surface area contributed by atoms with Gasteiger partial charge in [0.25, 0.3) is 0 Å². The number of rotatable bonds is 12. The van der Waals surface area contributed by atoms with E-state index in [9.17, 15) is 4.79 Å². The number of esters is 1. The Kier molecular flexibility index (Phi) is 10.1. The van der Waals surface area contributed by atoms with Crippen LogP contribution in [0.15, 0.2) is 24.3 Å². The van der Waals surface area contributed by atoms with Crippen molar-refractivity contribution < 1.29 is 14.3 Å². The molecule has 0 heterocycles. The summed E-state index contributed by atoms with van der Waals surface area (Å²) in [4.78, 5) is 11.3. The Labute approximate surface area is 134 Å². The summed E-state index contributed by atoms with van der Waals surface area (Å²) in [5, 5.41) is 0. The first-order chi connectivity index (χ1) is 10.8. The van der Waals surface area contributed by atoms with Gasteiger partial charge in [-0.3, -0.25) is 0 Å². The van der Waals surface area contributed by atoms with Gasteiger partial charge in [0.1, 0.15) is 5.75 Å². The molecule has 2 N–H and O–H groups in total. The third kappa shape index (κ3) is 8.03. The van der Waals surface area contributed by atoms with Gasteiger partial charge in [-0.2, -0.15) is 0 Å². The third-order valence-corrected chi connectivity index (χ3v) is 3.64. The van der Waals surface area contributed by atoms with Crippen LogP contribution in [-0.2, 0) is 4.74 Å². The number of ether oxygens (including phenoxy) is 2. The molecule has 1 aromatic carbocycles. The van der Waals surface area contributed by atoms with Crippen molar-refractivity contribution in [2.75, 3.05) is 20.3 Å². The molecule has 0 atom stereocenters. The summed E-state index contributed by atoms with van der Waals surface area (Å²) < 4.78 is 10.3. The van der Waals surface area contributed by atoms with Gasteiger partial charge in [0.15, 0.2) is 0 Å². The maximum absolute atomic E-state index is 11.3. The molecule has 0 aliphatic carbocycles. The molecule has 0 saturated carbocycles. The van der Waals surface area contributed by atoms with Crippen molar-refractivity contribution in [1.82, 2.24) is 0 Å². The van der Waals surface area contributed by atoms with Gasteiger partial charge in [-0.15, -0.1) is 0 Å². The summed E-state index contributed by atoms with van der Waals surface area (Å²) in [5.41, 5.74) is 6.01. The van der Waals surface area contributed by atoms with E-state index in [-0.39, 0.29) is 5.97 Å². The van der Waals surface area contributed by atoms with Crippen LogP contribution in [0.2, 0.25) is 0 Å². The number of nitrogens with two attached hydrogens (primary N) is 1. The molecular formula is C18H29NO3. The molecule has 124 valence electrons. The Balaban J connectivity index is 2.01. The minimum absolute atomic E-state index is 0.321. The maximum atomic E-state index is 11.3.